The van der Waals surface area contributed by atoms with Crippen molar-refractivity contribution in [2.45, 2.75) is 38.3 Å². The van der Waals surface area contributed by atoms with Crippen molar-refractivity contribution in [3.63, 3.8) is 0 Å². The van der Waals surface area contributed by atoms with Gasteiger partial charge in [0.15, 0.2) is 11.5 Å². The lowest BCUT2D eigenvalue weighted by Gasteiger charge is -2.15. The van der Waals surface area contributed by atoms with Gasteiger partial charge in [-0.3, -0.25) is 4.79 Å². The molecule has 1 aromatic rings. The summed E-state index contributed by atoms with van der Waals surface area (Å²) < 4.78 is 10.6. The molecule has 0 aliphatic carbocycles. The third-order valence-electron chi connectivity index (χ3n) is 3.52. The third kappa shape index (κ3) is 5.58. The van der Waals surface area contributed by atoms with Gasteiger partial charge in [-0.15, -0.1) is 10.1 Å². The van der Waals surface area contributed by atoms with Crippen molar-refractivity contribution in [2.24, 2.45) is 5.73 Å². The van der Waals surface area contributed by atoms with Gasteiger partial charge in [0.05, 0.1) is 0 Å². The van der Waals surface area contributed by atoms with E-state index in [-0.39, 0.29) is 31.8 Å². The molecular formula is C15H21N3O6. The lowest BCUT2D eigenvalue weighted by atomic mass is 10.1. The normalized spacial score (nSPS) is 14.8. The molecule has 1 amide bonds. The summed E-state index contributed by atoms with van der Waals surface area (Å²) in [7, 11) is 0. The summed E-state index contributed by atoms with van der Waals surface area (Å²) in [5.41, 5.74) is 6.67. The summed E-state index contributed by atoms with van der Waals surface area (Å²) in [5, 5.41) is 12.0. The van der Waals surface area contributed by atoms with E-state index in [1.54, 1.807) is 0 Å². The highest BCUT2D eigenvalue weighted by Gasteiger charge is 2.15. The number of carbonyl (C=O) groups is 1. The van der Waals surface area contributed by atoms with E-state index in [4.69, 9.17) is 15.2 Å². The van der Waals surface area contributed by atoms with Crippen LogP contribution in [-0.4, -0.2) is 36.5 Å². The fourth-order valence-corrected chi connectivity index (χ4v) is 2.38. The monoisotopic (exact) mass is 339 g/mol. The largest absolute Gasteiger partial charge is 0.454 e. The van der Waals surface area contributed by atoms with E-state index in [2.05, 4.69) is 10.2 Å². The zero-order valence-electron chi connectivity index (χ0n) is 13.4. The molecule has 2 rings (SSSR count). The van der Waals surface area contributed by atoms with Gasteiger partial charge in [0, 0.05) is 18.5 Å². The summed E-state index contributed by atoms with van der Waals surface area (Å²) in [6, 6.07) is 5.06. The Morgan fingerprint density at radius 2 is 2.21 bits per heavy atom. The van der Waals surface area contributed by atoms with Crippen LogP contribution in [-0.2, 0) is 16.1 Å². The van der Waals surface area contributed by atoms with Crippen LogP contribution in [0, 0.1) is 10.1 Å². The summed E-state index contributed by atoms with van der Waals surface area (Å²) in [4.78, 5) is 26.1. The molecule has 3 N–H and O–H groups in total. The van der Waals surface area contributed by atoms with Crippen molar-refractivity contribution >= 4 is 5.91 Å². The van der Waals surface area contributed by atoms with Crippen LogP contribution in [0.5, 0.6) is 11.5 Å². The second-order valence-electron chi connectivity index (χ2n) is 5.68. The van der Waals surface area contributed by atoms with E-state index >= 15 is 0 Å². The van der Waals surface area contributed by atoms with E-state index in [0.717, 1.165) is 11.3 Å². The Morgan fingerprint density at radius 3 is 2.96 bits per heavy atom. The maximum absolute atomic E-state index is 11.9. The molecule has 0 aromatic heterocycles. The van der Waals surface area contributed by atoms with E-state index in [9.17, 15) is 14.9 Å². The van der Waals surface area contributed by atoms with Crippen LogP contribution < -0.4 is 20.5 Å². The second-order valence-corrected chi connectivity index (χ2v) is 5.68. The molecule has 0 radical (unpaired) electrons. The maximum Gasteiger partial charge on any atom is 0.294 e. The molecule has 24 heavy (non-hydrogen) atoms. The molecule has 0 bridgehead atoms. The number of amides is 1. The third-order valence-corrected chi connectivity index (χ3v) is 3.52. The fraction of sp³-hybridized carbons (Fsp3) is 0.533. The molecule has 2 atom stereocenters. The van der Waals surface area contributed by atoms with E-state index in [1.165, 1.54) is 0 Å². The zero-order chi connectivity index (χ0) is 17.5. The number of nitrogens with one attached hydrogen (secondary N) is 1. The van der Waals surface area contributed by atoms with Gasteiger partial charge in [-0.2, -0.15) is 0 Å². The van der Waals surface area contributed by atoms with Crippen LogP contribution in [0.4, 0.5) is 0 Å². The predicted molar refractivity (Wildman–Crippen MR) is 84.0 cm³/mol. The van der Waals surface area contributed by atoms with Crippen molar-refractivity contribution in [2.75, 3.05) is 13.4 Å². The van der Waals surface area contributed by atoms with Gasteiger partial charge in [-0.05, 0) is 37.5 Å². The van der Waals surface area contributed by atoms with Crippen LogP contribution in [0.25, 0.3) is 0 Å². The van der Waals surface area contributed by atoms with Gasteiger partial charge >= 0.3 is 0 Å². The SMILES string of the molecule is C[C@H](Cc1ccc2c(c1)OCO2)NC(=O)CCC(N)CO[N+](=O)[O-]. The van der Waals surface area contributed by atoms with E-state index in [1.807, 2.05) is 25.1 Å². The number of hydrogen-bond donors (Lipinski definition) is 2. The Hall–Kier alpha value is -2.55. The minimum atomic E-state index is -0.895. The first-order valence-electron chi connectivity index (χ1n) is 7.65. The molecule has 1 aliphatic heterocycles. The molecule has 1 aliphatic rings. The van der Waals surface area contributed by atoms with Crippen LogP contribution in [0.15, 0.2) is 18.2 Å². The number of fused-ring (bicyclic) bond motifs is 1. The average Bonchev–Trinajstić information content (AvgIpc) is 2.98. The van der Waals surface area contributed by atoms with Gasteiger partial charge < -0.3 is 25.4 Å². The zero-order valence-corrected chi connectivity index (χ0v) is 13.4. The van der Waals surface area contributed by atoms with Gasteiger partial charge in [0.1, 0.15) is 6.61 Å². The molecule has 0 saturated heterocycles. The van der Waals surface area contributed by atoms with Crippen molar-refractivity contribution in [3.05, 3.63) is 33.9 Å². The number of carbonyl (C=O) groups excluding carboxylic acids is 1. The molecule has 0 spiro atoms. The topological polar surface area (TPSA) is 126 Å². The molecule has 1 aromatic carbocycles. The Labute approximate surface area is 139 Å². The Bertz CT molecular complexity index is 595. The Balaban J connectivity index is 1.70. The quantitative estimate of drug-likeness (QED) is 0.503. The van der Waals surface area contributed by atoms with E-state index in [0.29, 0.717) is 18.6 Å². The highest BCUT2D eigenvalue weighted by atomic mass is 16.9. The minimum Gasteiger partial charge on any atom is -0.454 e. The highest BCUT2D eigenvalue weighted by molar-refractivity contribution is 5.76. The van der Waals surface area contributed by atoms with Crippen LogP contribution in [0.1, 0.15) is 25.3 Å². The number of hydrogen-bond acceptors (Lipinski definition) is 7. The number of nitrogens with two attached hydrogens (primary N) is 1. The van der Waals surface area contributed by atoms with E-state index < -0.39 is 11.1 Å². The van der Waals surface area contributed by atoms with Gasteiger partial charge in [0.25, 0.3) is 5.09 Å². The van der Waals surface area contributed by atoms with Gasteiger partial charge in [-0.25, -0.2) is 0 Å². The summed E-state index contributed by atoms with van der Waals surface area (Å²) in [6.07, 6.45) is 1.16. The number of benzene rings is 1. The Kier molecular flexibility index (Phi) is 6.19. The number of ether oxygens (including phenoxy) is 2. The van der Waals surface area contributed by atoms with Crippen LogP contribution >= 0.6 is 0 Å². The second kappa shape index (κ2) is 8.34. The first kappa shape index (κ1) is 17.8. The lowest BCUT2D eigenvalue weighted by Crippen LogP contribution is -2.36. The number of rotatable bonds is 9. The first-order valence-corrected chi connectivity index (χ1v) is 7.65. The smallest absolute Gasteiger partial charge is 0.294 e. The summed E-state index contributed by atoms with van der Waals surface area (Å²) >= 11 is 0. The fourth-order valence-electron chi connectivity index (χ4n) is 2.38. The average molecular weight is 339 g/mol. The molecule has 9 nitrogen and oxygen atoms in total. The standard InChI is InChI=1S/C15H21N3O6/c1-10(6-11-2-4-13-14(7-11)23-9-22-13)17-15(19)5-3-12(16)8-24-18(20)21/h2,4,7,10,12H,3,5-6,8-9,16H2,1H3,(H,17,19)/t10-,12?/m1/s1. The molecular weight excluding hydrogens is 318 g/mol. The van der Waals surface area contributed by atoms with Crippen molar-refractivity contribution in [3.8, 4) is 11.5 Å². The summed E-state index contributed by atoms with van der Waals surface area (Å²) in [5.74, 6) is 1.28. The minimum absolute atomic E-state index is 0.0656. The molecule has 1 unspecified atom stereocenters. The van der Waals surface area contributed by atoms with Gasteiger partial charge in [-0.1, -0.05) is 6.07 Å². The molecule has 0 fully saturated rings. The highest BCUT2D eigenvalue weighted by Crippen LogP contribution is 2.32. The first-order chi connectivity index (χ1) is 11.4. The van der Waals surface area contributed by atoms with Crippen LogP contribution in [0.2, 0.25) is 0 Å². The van der Waals surface area contributed by atoms with Crippen molar-refractivity contribution in [1.29, 1.82) is 0 Å². The molecule has 9 heteroatoms. The maximum atomic E-state index is 11.9. The Morgan fingerprint density at radius 1 is 1.46 bits per heavy atom. The lowest BCUT2D eigenvalue weighted by molar-refractivity contribution is -0.758. The molecule has 0 saturated carbocycles. The molecule has 1 heterocycles. The number of nitrogens with zero attached hydrogens (tertiary/aromatic N) is 1. The molecule has 132 valence electrons. The van der Waals surface area contributed by atoms with Crippen molar-refractivity contribution in [1.82, 2.24) is 5.32 Å². The predicted octanol–water partition coefficient (Wildman–Crippen LogP) is 0.778. The van der Waals surface area contributed by atoms with Crippen molar-refractivity contribution < 1.29 is 24.2 Å². The van der Waals surface area contributed by atoms with Crippen LogP contribution in [0.3, 0.4) is 0 Å². The summed E-state index contributed by atoms with van der Waals surface area (Å²) in [6.45, 7) is 1.91. The van der Waals surface area contributed by atoms with Gasteiger partial charge in [0.2, 0.25) is 12.7 Å².